The average molecular weight is 225 g/mol. The molecule has 0 atom stereocenters. The summed E-state index contributed by atoms with van der Waals surface area (Å²) in [5.41, 5.74) is 0.687. The molecule has 0 bridgehead atoms. The van der Waals surface area contributed by atoms with Gasteiger partial charge in [0.05, 0.1) is 13.7 Å². The lowest BCUT2D eigenvalue weighted by atomic mass is 10.2. The van der Waals surface area contributed by atoms with Crippen LogP contribution in [0.5, 0.6) is 11.5 Å². The molecule has 0 saturated carbocycles. The minimum Gasteiger partial charge on any atom is -0.493 e. The fourth-order valence-electron chi connectivity index (χ4n) is 1.23. The number of nitrogens with one attached hydrogen (secondary N) is 1. The summed E-state index contributed by atoms with van der Waals surface area (Å²) in [6.07, 6.45) is 0. The number of hydrogen-bond acceptors (Lipinski definition) is 4. The molecule has 0 fully saturated rings. The van der Waals surface area contributed by atoms with Crippen LogP contribution in [0, 0.1) is 0 Å². The number of anilines is 1. The van der Waals surface area contributed by atoms with Crippen LogP contribution in [0.3, 0.4) is 0 Å². The number of hydrogen-bond donors (Lipinski definition) is 2. The van der Waals surface area contributed by atoms with Crippen LogP contribution in [0.1, 0.15) is 6.92 Å². The first-order valence-corrected chi connectivity index (χ1v) is 4.94. The minimum atomic E-state index is -0.909. The third kappa shape index (κ3) is 3.34. The molecular formula is C11H15NO4. The van der Waals surface area contributed by atoms with Crippen LogP contribution < -0.4 is 14.8 Å². The second-order valence-corrected chi connectivity index (χ2v) is 3.05. The van der Waals surface area contributed by atoms with Gasteiger partial charge in [-0.25, -0.2) is 0 Å². The van der Waals surface area contributed by atoms with Gasteiger partial charge in [-0.05, 0) is 19.1 Å². The van der Waals surface area contributed by atoms with E-state index in [1.54, 1.807) is 25.3 Å². The Bertz CT molecular complexity index is 365. The van der Waals surface area contributed by atoms with E-state index >= 15 is 0 Å². The number of rotatable bonds is 6. The highest BCUT2D eigenvalue weighted by Gasteiger charge is 2.05. The van der Waals surface area contributed by atoms with Gasteiger partial charge in [-0.1, -0.05) is 0 Å². The lowest BCUT2D eigenvalue weighted by Gasteiger charge is -2.11. The maximum Gasteiger partial charge on any atom is 0.322 e. The zero-order valence-electron chi connectivity index (χ0n) is 9.32. The Balaban J connectivity index is 2.79. The minimum absolute atomic E-state index is 0.127. The Morgan fingerprint density at radius 1 is 1.44 bits per heavy atom. The molecule has 16 heavy (non-hydrogen) atoms. The van der Waals surface area contributed by atoms with E-state index in [9.17, 15) is 4.79 Å². The van der Waals surface area contributed by atoms with Crippen LogP contribution in [0.2, 0.25) is 0 Å². The van der Waals surface area contributed by atoms with Gasteiger partial charge in [-0.2, -0.15) is 0 Å². The second-order valence-electron chi connectivity index (χ2n) is 3.05. The fourth-order valence-corrected chi connectivity index (χ4v) is 1.23. The standard InChI is InChI=1S/C11H15NO4/c1-3-16-10-6-8(12-7-11(13)14)4-5-9(10)15-2/h4-6,12H,3,7H2,1-2H3,(H,13,14). The van der Waals surface area contributed by atoms with Gasteiger partial charge in [0.2, 0.25) is 0 Å². The molecule has 0 unspecified atom stereocenters. The van der Waals surface area contributed by atoms with E-state index in [0.717, 1.165) is 0 Å². The van der Waals surface area contributed by atoms with E-state index in [1.165, 1.54) is 0 Å². The topological polar surface area (TPSA) is 67.8 Å². The van der Waals surface area contributed by atoms with Gasteiger partial charge in [0.15, 0.2) is 11.5 Å². The third-order valence-electron chi connectivity index (χ3n) is 1.91. The highest BCUT2D eigenvalue weighted by Crippen LogP contribution is 2.29. The van der Waals surface area contributed by atoms with Crippen molar-refractivity contribution in [1.29, 1.82) is 0 Å². The summed E-state index contributed by atoms with van der Waals surface area (Å²) in [5, 5.41) is 11.3. The Morgan fingerprint density at radius 2 is 2.19 bits per heavy atom. The SMILES string of the molecule is CCOc1cc(NCC(=O)O)ccc1OC. The van der Waals surface area contributed by atoms with Crippen LogP contribution in [0.15, 0.2) is 18.2 Å². The summed E-state index contributed by atoms with van der Waals surface area (Å²) >= 11 is 0. The van der Waals surface area contributed by atoms with Crippen molar-refractivity contribution in [2.45, 2.75) is 6.92 Å². The summed E-state index contributed by atoms with van der Waals surface area (Å²) in [5.74, 6) is 0.317. The van der Waals surface area contributed by atoms with Crippen molar-refractivity contribution < 1.29 is 19.4 Å². The molecule has 0 amide bonds. The summed E-state index contributed by atoms with van der Waals surface area (Å²) in [4.78, 5) is 10.4. The zero-order valence-corrected chi connectivity index (χ0v) is 9.32. The number of ether oxygens (including phenoxy) is 2. The predicted octanol–water partition coefficient (Wildman–Crippen LogP) is 1.59. The van der Waals surface area contributed by atoms with Gasteiger partial charge < -0.3 is 19.9 Å². The molecule has 0 aliphatic heterocycles. The Kier molecular flexibility index (Phi) is 4.44. The monoisotopic (exact) mass is 225 g/mol. The lowest BCUT2D eigenvalue weighted by molar-refractivity contribution is -0.134. The number of aliphatic carboxylic acids is 1. The zero-order chi connectivity index (χ0) is 12.0. The van der Waals surface area contributed by atoms with Gasteiger partial charge in [0.1, 0.15) is 6.54 Å². The lowest BCUT2D eigenvalue weighted by Crippen LogP contribution is -2.12. The highest BCUT2D eigenvalue weighted by molar-refractivity contribution is 5.73. The summed E-state index contributed by atoms with van der Waals surface area (Å²) < 4.78 is 10.5. The fraction of sp³-hybridized carbons (Fsp3) is 0.364. The van der Waals surface area contributed by atoms with Crippen LogP contribution in [0.25, 0.3) is 0 Å². The van der Waals surface area contributed by atoms with Gasteiger partial charge >= 0.3 is 5.97 Å². The Morgan fingerprint density at radius 3 is 2.75 bits per heavy atom. The predicted molar refractivity (Wildman–Crippen MR) is 60.3 cm³/mol. The molecule has 1 rings (SSSR count). The van der Waals surface area contributed by atoms with Crippen molar-refractivity contribution in [1.82, 2.24) is 0 Å². The van der Waals surface area contributed by atoms with E-state index < -0.39 is 5.97 Å². The molecule has 5 nitrogen and oxygen atoms in total. The molecule has 1 aromatic rings. The van der Waals surface area contributed by atoms with Crippen molar-refractivity contribution in [3.05, 3.63) is 18.2 Å². The molecule has 0 saturated heterocycles. The molecule has 0 aromatic heterocycles. The van der Waals surface area contributed by atoms with E-state index in [1.807, 2.05) is 6.92 Å². The number of methoxy groups -OCH3 is 1. The number of carbonyl (C=O) groups is 1. The molecule has 88 valence electrons. The van der Waals surface area contributed by atoms with Crippen molar-refractivity contribution in [2.75, 3.05) is 25.6 Å². The maximum absolute atomic E-state index is 10.4. The van der Waals surface area contributed by atoms with Gasteiger partial charge in [0, 0.05) is 11.8 Å². The van der Waals surface area contributed by atoms with E-state index in [0.29, 0.717) is 23.8 Å². The van der Waals surface area contributed by atoms with Gasteiger partial charge in [-0.15, -0.1) is 0 Å². The Labute approximate surface area is 94.0 Å². The molecule has 0 aliphatic rings. The molecule has 0 aliphatic carbocycles. The number of carboxylic acids is 1. The second kappa shape index (κ2) is 5.85. The van der Waals surface area contributed by atoms with Crippen molar-refractivity contribution in [2.24, 2.45) is 0 Å². The summed E-state index contributed by atoms with van der Waals surface area (Å²) in [6.45, 7) is 2.27. The van der Waals surface area contributed by atoms with Gasteiger partial charge in [0.25, 0.3) is 0 Å². The van der Waals surface area contributed by atoms with Crippen molar-refractivity contribution in [3.8, 4) is 11.5 Å². The van der Waals surface area contributed by atoms with Crippen molar-refractivity contribution >= 4 is 11.7 Å². The molecule has 5 heteroatoms. The molecule has 0 heterocycles. The van der Waals surface area contributed by atoms with E-state index in [4.69, 9.17) is 14.6 Å². The smallest absolute Gasteiger partial charge is 0.322 e. The number of benzene rings is 1. The highest BCUT2D eigenvalue weighted by atomic mass is 16.5. The first kappa shape index (κ1) is 12.2. The molecule has 0 spiro atoms. The summed E-state index contributed by atoms with van der Waals surface area (Å²) in [6, 6.07) is 5.19. The first-order chi connectivity index (χ1) is 7.67. The number of carboxylic acid groups (broad SMARTS) is 1. The van der Waals surface area contributed by atoms with E-state index in [-0.39, 0.29) is 6.54 Å². The quantitative estimate of drug-likeness (QED) is 0.769. The third-order valence-corrected chi connectivity index (χ3v) is 1.91. The van der Waals surface area contributed by atoms with Crippen LogP contribution in [-0.4, -0.2) is 31.3 Å². The summed E-state index contributed by atoms with van der Waals surface area (Å²) in [7, 11) is 1.56. The molecule has 2 N–H and O–H groups in total. The maximum atomic E-state index is 10.4. The van der Waals surface area contributed by atoms with Crippen LogP contribution >= 0.6 is 0 Å². The molecular weight excluding hydrogens is 210 g/mol. The largest absolute Gasteiger partial charge is 0.493 e. The van der Waals surface area contributed by atoms with Crippen molar-refractivity contribution in [3.63, 3.8) is 0 Å². The molecule has 0 radical (unpaired) electrons. The molecule has 1 aromatic carbocycles. The first-order valence-electron chi connectivity index (χ1n) is 4.94. The van der Waals surface area contributed by atoms with Crippen LogP contribution in [-0.2, 0) is 4.79 Å². The normalized spacial score (nSPS) is 9.62. The Hall–Kier alpha value is -1.91. The van der Waals surface area contributed by atoms with Crippen LogP contribution in [0.4, 0.5) is 5.69 Å². The van der Waals surface area contributed by atoms with Gasteiger partial charge in [-0.3, -0.25) is 4.79 Å². The average Bonchev–Trinajstić information content (AvgIpc) is 2.27. The van der Waals surface area contributed by atoms with E-state index in [2.05, 4.69) is 5.32 Å².